The molecule has 136 valence electrons. The van der Waals surface area contributed by atoms with Gasteiger partial charge in [0.25, 0.3) is 5.56 Å². The lowest BCUT2D eigenvalue weighted by atomic mass is 9.96. The van der Waals surface area contributed by atoms with Crippen LogP contribution in [0.25, 0.3) is 5.69 Å². The van der Waals surface area contributed by atoms with Crippen molar-refractivity contribution in [3.8, 4) is 11.8 Å². The normalized spacial score (nSPS) is 13.7. The quantitative estimate of drug-likeness (QED) is 0.593. The van der Waals surface area contributed by atoms with Crippen LogP contribution in [0.3, 0.4) is 0 Å². The van der Waals surface area contributed by atoms with Crippen LogP contribution in [0.2, 0.25) is 0 Å². The number of aryl methyl sites for hydroxylation is 2. The van der Waals surface area contributed by atoms with Crippen molar-refractivity contribution in [2.45, 2.75) is 32.6 Å². The predicted octanol–water partition coefficient (Wildman–Crippen LogP) is 4.80. The lowest BCUT2D eigenvalue weighted by Crippen LogP contribution is -2.17. The van der Waals surface area contributed by atoms with Gasteiger partial charge in [-0.1, -0.05) is 15.9 Å². The van der Waals surface area contributed by atoms with E-state index in [0.717, 1.165) is 47.1 Å². The predicted molar refractivity (Wildman–Crippen MR) is 112 cm³/mol. The Morgan fingerprint density at radius 1 is 1.30 bits per heavy atom. The number of aliphatic imine (C=N–C) groups is 1. The lowest BCUT2D eigenvalue weighted by molar-refractivity contribution is 0.696. The smallest absolute Gasteiger partial charge is 0.280 e. The molecule has 3 aromatic rings. The van der Waals surface area contributed by atoms with E-state index in [2.05, 4.69) is 32.1 Å². The van der Waals surface area contributed by atoms with E-state index in [-0.39, 0.29) is 5.56 Å². The summed E-state index contributed by atoms with van der Waals surface area (Å²) in [6.07, 6.45) is 5.84. The number of aromatic nitrogens is 2. The van der Waals surface area contributed by atoms with Gasteiger partial charge in [-0.25, -0.2) is 9.67 Å². The molecule has 2 aromatic heterocycles. The zero-order valence-corrected chi connectivity index (χ0v) is 17.2. The molecular weight excluding hydrogens is 424 g/mol. The number of nitrogens with one attached hydrogen (secondary N) is 1. The van der Waals surface area contributed by atoms with Crippen molar-refractivity contribution >= 4 is 38.5 Å². The number of nitriles is 1. The maximum Gasteiger partial charge on any atom is 0.280 e. The van der Waals surface area contributed by atoms with Crippen molar-refractivity contribution in [2.75, 3.05) is 0 Å². The van der Waals surface area contributed by atoms with Gasteiger partial charge in [-0.3, -0.25) is 9.89 Å². The van der Waals surface area contributed by atoms with E-state index in [1.165, 1.54) is 9.56 Å². The van der Waals surface area contributed by atoms with Gasteiger partial charge in [-0.05, 0) is 62.4 Å². The standard InChI is InChI=1S/C20H17BrN4OS/c1-12-17(20(26)25(24-12)14-8-6-13(21)7-9-14)11-23-19-16(10-22)15-4-2-3-5-18(15)27-19/h6-9,11,24H,2-5H2,1H3/b23-11+. The molecule has 2 heterocycles. The minimum atomic E-state index is -0.154. The molecule has 0 bridgehead atoms. The molecule has 0 amide bonds. The summed E-state index contributed by atoms with van der Waals surface area (Å²) in [5, 5.41) is 13.4. The number of aromatic amines is 1. The van der Waals surface area contributed by atoms with Crippen molar-refractivity contribution < 1.29 is 0 Å². The number of rotatable bonds is 3. The molecule has 0 unspecified atom stereocenters. The molecule has 0 atom stereocenters. The van der Waals surface area contributed by atoms with Crippen LogP contribution in [0.15, 0.2) is 38.5 Å². The molecule has 1 aromatic carbocycles. The first-order valence-corrected chi connectivity index (χ1v) is 10.4. The highest BCUT2D eigenvalue weighted by Crippen LogP contribution is 2.39. The zero-order chi connectivity index (χ0) is 19.0. The third kappa shape index (κ3) is 3.31. The molecule has 27 heavy (non-hydrogen) atoms. The molecule has 0 radical (unpaired) electrons. The summed E-state index contributed by atoms with van der Waals surface area (Å²) in [4.78, 5) is 18.6. The summed E-state index contributed by atoms with van der Waals surface area (Å²) in [7, 11) is 0. The van der Waals surface area contributed by atoms with E-state index in [9.17, 15) is 10.1 Å². The van der Waals surface area contributed by atoms with Gasteiger partial charge in [-0.15, -0.1) is 11.3 Å². The fraction of sp³-hybridized carbons (Fsp3) is 0.250. The first kappa shape index (κ1) is 18.0. The van der Waals surface area contributed by atoms with Gasteiger partial charge in [-0.2, -0.15) is 5.26 Å². The zero-order valence-electron chi connectivity index (χ0n) is 14.8. The van der Waals surface area contributed by atoms with E-state index in [0.29, 0.717) is 16.1 Å². The van der Waals surface area contributed by atoms with Gasteiger partial charge >= 0.3 is 0 Å². The van der Waals surface area contributed by atoms with Crippen LogP contribution >= 0.6 is 27.3 Å². The van der Waals surface area contributed by atoms with Gasteiger partial charge < -0.3 is 0 Å². The van der Waals surface area contributed by atoms with Gasteiger partial charge in [0.05, 0.1) is 16.8 Å². The Morgan fingerprint density at radius 2 is 2.04 bits per heavy atom. The monoisotopic (exact) mass is 440 g/mol. The molecule has 1 aliphatic rings. The van der Waals surface area contributed by atoms with Gasteiger partial charge in [0, 0.05) is 21.3 Å². The fourth-order valence-corrected chi connectivity index (χ4v) is 4.81. The van der Waals surface area contributed by atoms with Crippen LogP contribution in [-0.4, -0.2) is 16.0 Å². The second kappa shape index (κ2) is 7.29. The second-order valence-corrected chi connectivity index (χ2v) is 8.53. The number of benzene rings is 1. The third-order valence-electron chi connectivity index (χ3n) is 4.78. The number of fused-ring (bicyclic) bond motifs is 1. The Labute approximate surface area is 169 Å². The molecule has 0 aliphatic heterocycles. The van der Waals surface area contributed by atoms with Crippen molar-refractivity contribution in [2.24, 2.45) is 4.99 Å². The largest absolute Gasteiger partial charge is 0.295 e. The maximum atomic E-state index is 12.8. The Morgan fingerprint density at radius 3 is 2.78 bits per heavy atom. The average Bonchev–Trinajstić information content (AvgIpc) is 3.17. The Hall–Kier alpha value is -2.43. The average molecular weight is 441 g/mol. The van der Waals surface area contributed by atoms with E-state index in [1.54, 1.807) is 17.6 Å². The highest BCUT2D eigenvalue weighted by Gasteiger charge is 2.20. The van der Waals surface area contributed by atoms with Crippen LogP contribution in [0.5, 0.6) is 0 Å². The number of thiophene rings is 1. The summed E-state index contributed by atoms with van der Waals surface area (Å²) >= 11 is 4.98. The molecule has 1 aliphatic carbocycles. The number of H-pyrrole nitrogens is 1. The summed E-state index contributed by atoms with van der Waals surface area (Å²) in [5.41, 5.74) is 3.68. The summed E-state index contributed by atoms with van der Waals surface area (Å²) in [6, 6.07) is 9.82. The van der Waals surface area contributed by atoms with E-state index in [1.807, 2.05) is 31.2 Å². The van der Waals surface area contributed by atoms with Crippen LogP contribution in [0.1, 0.15) is 40.1 Å². The van der Waals surface area contributed by atoms with E-state index >= 15 is 0 Å². The highest BCUT2D eigenvalue weighted by molar-refractivity contribution is 9.10. The van der Waals surface area contributed by atoms with Crippen molar-refractivity contribution in [1.82, 2.24) is 9.78 Å². The highest BCUT2D eigenvalue weighted by atomic mass is 79.9. The van der Waals surface area contributed by atoms with E-state index in [4.69, 9.17) is 0 Å². The fourth-order valence-electron chi connectivity index (χ4n) is 3.36. The SMILES string of the molecule is Cc1[nH]n(-c2ccc(Br)cc2)c(=O)c1/C=N/c1sc2c(c1C#N)CCCC2. The molecule has 0 fully saturated rings. The number of hydrogen-bond donors (Lipinski definition) is 1. The Bertz CT molecular complexity index is 1130. The molecule has 1 N–H and O–H groups in total. The van der Waals surface area contributed by atoms with Crippen LogP contribution in [0, 0.1) is 18.3 Å². The minimum Gasteiger partial charge on any atom is -0.295 e. The minimum absolute atomic E-state index is 0.154. The molecule has 0 spiro atoms. The Kier molecular flexibility index (Phi) is 4.85. The number of nitrogens with zero attached hydrogens (tertiary/aromatic N) is 3. The molecular formula is C20H17BrN4OS. The van der Waals surface area contributed by atoms with Gasteiger partial charge in [0.2, 0.25) is 0 Å². The molecule has 7 heteroatoms. The molecule has 4 rings (SSSR count). The molecule has 5 nitrogen and oxygen atoms in total. The Balaban J connectivity index is 1.72. The van der Waals surface area contributed by atoms with Crippen molar-refractivity contribution in [3.05, 3.63) is 66.4 Å². The van der Waals surface area contributed by atoms with Crippen molar-refractivity contribution in [3.63, 3.8) is 0 Å². The van der Waals surface area contributed by atoms with Crippen LogP contribution in [0.4, 0.5) is 5.00 Å². The first-order chi connectivity index (χ1) is 13.1. The van der Waals surface area contributed by atoms with E-state index < -0.39 is 0 Å². The molecule has 0 saturated carbocycles. The number of halogens is 1. The summed E-state index contributed by atoms with van der Waals surface area (Å²) in [6.45, 7) is 1.85. The summed E-state index contributed by atoms with van der Waals surface area (Å²) in [5.74, 6) is 0. The number of hydrogen-bond acceptors (Lipinski definition) is 4. The second-order valence-electron chi connectivity index (χ2n) is 6.53. The summed E-state index contributed by atoms with van der Waals surface area (Å²) < 4.78 is 2.46. The topological polar surface area (TPSA) is 73.9 Å². The van der Waals surface area contributed by atoms with Crippen molar-refractivity contribution in [1.29, 1.82) is 5.26 Å². The van der Waals surface area contributed by atoms with Gasteiger partial charge in [0.1, 0.15) is 11.1 Å². The van der Waals surface area contributed by atoms with Gasteiger partial charge in [0.15, 0.2) is 0 Å². The molecule has 0 saturated heterocycles. The lowest BCUT2D eigenvalue weighted by Gasteiger charge is -2.09. The van der Waals surface area contributed by atoms with Crippen LogP contribution < -0.4 is 5.56 Å². The first-order valence-electron chi connectivity index (χ1n) is 8.74. The third-order valence-corrected chi connectivity index (χ3v) is 6.51. The van der Waals surface area contributed by atoms with Crippen LogP contribution in [-0.2, 0) is 12.8 Å². The maximum absolute atomic E-state index is 12.8.